The van der Waals surface area contributed by atoms with Crippen molar-refractivity contribution in [1.29, 1.82) is 0 Å². The third-order valence-corrected chi connectivity index (χ3v) is 2.10. The number of hydrogen-bond acceptors (Lipinski definition) is 2. The summed E-state index contributed by atoms with van der Waals surface area (Å²) in [5, 5.41) is 3.15. The van der Waals surface area contributed by atoms with Crippen molar-refractivity contribution in [2.75, 3.05) is 11.9 Å². The second kappa shape index (κ2) is 2.75. The monoisotopic (exact) mass is 166 g/mol. The van der Waals surface area contributed by atoms with Gasteiger partial charge in [-0.2, -0.15) is 0 Å². The van der Waals surface area contributed by atoms with Gasteiger partial charge in [-0.3, -0.25) is 0 Å². The van der Waals surface area contributed by atoms with Crippen LogP contribution in [0.1, 0.15) is 5.56 Å². The zero-order valence-corrected chi connectivity index (χ0v) is 6.68. The number of nitrogens with two attached hydrogens (primary N) is 1. The van der Waals surface area contributed by atoms with Gasteiger partial charge in [-0.1, -0.05) is 0 Å². The van der Waals surface area contributed by atoms with Crippen molar-refractivity contribution in [2.45, 2.75) is 12.5 Å². The van der Waals surface area contributed by atoms with Gasteiger partial charge in [-0.05, 0) is 30.2 Å². The van der Waals surface area contributed by atoms with Gasteiger partial charge < -0.3 is 11.1 Å². The van der Waals surface area contributed by atoms with Gasteiger partial charge in [-0.15, -0.1) is 0 Å². The quantitative estimate of drug-likeness (QED) is 0.606. The molecule has 0 aromatic heterocycles. The Morgan fingerprint density at radius 3 is 3.17 bits per heavy atom. The van der Waals surface area contributed by atoms with E-state index in [2.05, 4.69) is 5.32 Å². The highest BCUT2D eigenvalue weighted by atomic mass is 19.1. The van der Waals surface area contributed by atoms with Gasteiger partial charge in [0.15, 0.2) is 0 Å². The second-order valence-corrected chi connectivity index (χ2v) is 3.15. The number of nitrogens with one attached hydrogen (secondary N) is 1. The summed E-state index contributed by atoms with van der Waals surface area (Å²) in [5.41, 5.74) is 7.71. The number of rotatable bonds is 0. The highest BCUT2D eigenvalue weighted by Crippen LogP contribution is 2.21. The summed E-state index contributed by atoms with van der Waals surface area (Å²) >= 11 is 0. The summed E-state index contributed by atoms with van der Waals surface area (Å²) in [6, 6.07) is 4.87. The Bertz CT molecular complexity index is 299. The molecule has 0 bridgehead atoms. The number of benzene rings is 1. The topological polar surface area (TPSA) is 38.0 Å². The van der Waals surface area contributed by atoms with Gasteiger partial charge in [-0.25, -0.2) is 4.39 Å². The Hall–Kier alpha value is -1.09. The third-order valence-electron chi connectivity index (χ3n) is 2.10. The molecule has 1 aliphatic heterocycles. The number of fused-ring (bicyclic) bond motifs is 1. The summed E-state index contributed by atoms with van der Waals surface area (Å²) < 4.78 is 12.8. The molecular formula is C9H11FN2. The number of hydrogen-bond donors (Lipinski definition) is 2. The van der Waals surface area contributed by atoms with Crippen LogP contribution in [0.2, 0.25) is 0 Å². The van der Waals surface area contributed by atoms with Gasteiger partial charge >= 0.3 is 0 Å². The lowest BCUT2D eigenvalue weighted by Gasteiger charge is -2.22. The van der Waals surface area contributed by atoms with Gasteiger partial charge in [0.2, 0.25) is 0 Å². The summed E-state index contributed by atoms with van der Waals surface area (Å²) in [6.45, 7) is 0.776. The maximum absolute atomic E-state index is 12.8. The normalized spacial score (nSPS) is 21.3. The molecule has 0 fully saturated rings. The van der Waals surface area contributed by atoms with E-state index in [0.29, 0.717) is 0 Å². The van der Waals surface area contributed by atoms with E-state index in [-0.39, 0.29) is 11.9 Å². The fraction of sp³-hybridized carbons (Fsp3) is 0.333. The number of halogens is 1. The molecule has 0 aliphatic carbocycles. The average molecular weight is 166 g/mol. The van der Waals surface area contributed by atoms with Crippen LogP contribution in [0.5, 0.6) is 0 Å². The molecular weight excluding hydrogens is 155 g/mol. The fourth-order valence-electron chi connectivity index (χ4n) is 1.50. The molecule has 0 saturated heterocycles. The van der Waals surface area contributed by atoms with Crippen LogP contribution in [0.15, 0.2) is 18.2 Å². The zero-order chi connectivity index (χ0) is 8.55. The molecule has 0 radical (unpaired) electrons. The molecule has 1 aliphatic rings. The van der Waals surface area contributed by atoms with E-state index in [1.807, 2.05) is 0 Å². The molecule has 2 rings (SSSR count). The van der Waals surface area contributed by atoms with E-state index in [1.54, 1.807) is 12.1 Å². The maximum Gasteiger partial charge on any atom is 0.123 e. The lowest BCUT2D eigenvalue weighted by Crippen LogP contribution is -2.35. The van der Waals surface area contributed by atoms with E-state index in [0.717, 1.165) is 24.2 Å². The van der Waals surface area contributed by atoms with Crippen molar-refractivity contribution in [3.63, 3.8) is 0 Å². The Morgan fingerprint density at radius 1 is 1.50 bits per heavy atom. The average Bonchev–Trinajstić information content (AvgIpc) is 2.03. The lowest BCUT2D eigenvalue weighted by atomic mass is 10.0. The fourth-order valence-corrected chi connectivity index (χ4v) is 1.50. The van der Waals surface area contributed by atoms with Crippen molar-refractivity contribution < 1.29 is 4.39 Å². The van der Waals surface area contributed by atoms with Crippen LogP contribution in [-0.2, 0) is 6.42 Å². The van der Waals surface area contributed by atoms with Crippen molar-refractivity contribution in [1.82, 2.24) is 0 Å². The third kappa shape index (κ3) is 1.28. The minimum absolute atomic E-state index is 0.110. The summed E-state index contributed by atoms with van der Waals surface area (Å²) in [5.74, 6) is -0.190. The lowest BCUT2D eigenvalue weighted by molar-refractivity contribution is 0.617. The summed E-state index contributed by atoms with van der Waals surface area (Å²) in [4.78, 5) is 0. The molecule has 0 amide bonds. The highest BCUT2D eigenvalue weighted by molar-refractivity contribution is 5.53. The Kier molecular flexibility index (Phi) is 1.73. The molecule has 2 nitrogen and oxygen atoms in total. The van der Waals surface area contributed by atoms with Crippen LogP contribution in [-0.4, -0.2) is 12.6 Å². The summed E-state index contributed by atoms with van der Waals surface area (Å²) in [7, 11) is 0. The SMILES string of the molecule is N[C@@H]1CNc2ccc(F)cc2C1. The molecule has 0 spiro atoms. The Labute approximate surface area is 70.6 Å². The molecule has 64 valence electrons. The molecule has 1 aromatic rings. The van der Waals surface area contributed by atoms with Crippen LogP contribution in [0.25, 0.3) is 0 Å². The van der Waals surface area contributed by atoms with Crippen LogP contribution in [0.3, 0.4) is 0 Å². The minimum atomic E-state index is -0.190. The van der Waals surface area contributed by atoms with Crippen molar-refractivity contribution in [3.8, 4) is 0 Å². The van der Waals surface area contributed by atoms with E-state index in [4.69, 9.17) is 5.73 Å². The van der Waals surface area contributed by atoms with Crippen LogP contribution >= 0.6 is 0 Å². The van der Waals surface area contributed by atoms with Gasteiger partial charge in [0.05, 0.1) is 0 Å². The molecule has 1 atom stereocenters. The first-order valence-electron chi connectivity index (χ1n) is 4.03. The predicted octanol–water partition coefficient (Wildman–Crippen LogP) is 1.12. The van der Waals surface area contributed by atoms with Crippen molar-refractivity contribution >= 4 is 5.69 Å². The molecule has 3 heteroatoms. The van der Waals surface area contributed by atoms with Crippen LogP contribution in [0, 0.1) is 5.82 Å². The van der Waals surface area contributed by atoms with Gasteiger partial charge in [0.1, 0.15) is 5.82 Å². The van der Waals surface area contributed by atoms with Gasteiger partial charge in [0.25, 0.3) is 0 Å². The van der Waals surface area contributed by atoms with Crippen molar-refractivity contribution in [2.24, 2.45) is 5.73 Å². The molecule has 1 heterocycles. The molecule has 12 heavy (non-hydrogen) atoms. The van der Waals surface area contributed by atoms with E-state index >= 15 is 0 Å². The Balaban J connectivity index is 2.37. The van der Waals surface area contributed by atoms with E-state index < -0.39 is 0 Å². The first-order chi connectivity index (χ1) is 5.75. The largest absolute Gasteiger partial charge is 0.383 e. The summed E-state index contributed by atoms with van der Waals surface area (Å²) in [6.07, 6.45) is 0.764. The predicted molar refractivity (Wildman–Crippen MR) is 46.6 cm³/mol. The van der Waals surface area contributed by atoms with Crippen molar-refractivity contribution in [3.05, 3.63) is 29.6 Å². The molecule has 1 aromatic carbocycles. The first kappa shape index (κ1) is 7.55. The molecule has 0 unspecified atom stereocenters. The molecule has 0 saturated carbocycles. The minimum Gasteiger partial charge on any atom is -0.383 e. The van der Waals surface area contributed by atoms with E-state index in [9.17, 15) is 4.39 Å². The van der Waals surface area contributed by atoms with Crippen LogP contribution in [0.4, 0.5) is 10.1 Å². The Morgan fingerprint density at radius 2 is 2.33 bits per heavy atom. The second-order valence-electron chi connectivity index (χ2n) is 3.15. The maximum atomic E-state index is 12.8. The standard InChI is InChI=1S/C9H11FN2/c10-7-1-2-9-6(3-7)4-8(11)5-12-9/h1-3,8,12H,4-5,11H2/t8-/m0/s1. The van der Waals surface area contributed by atoms with Crippen LogP contribution < -0.4 is 11.1 Å². The zero-order valence-electron chi connectivity index (χ0n) is 6.68. The highest BCUT2D eigenvalue weighted by Gasteiger charge is 2.14. The molecule has 3 N–H and O–H groups in total. The van der Waals surface area contributed by atoms with Gasteiger partial charge in [0, 0.05) is 18.3 Å². The number of anilines is 1. The first-order valence-corrected chi connectivity index (χ1v) is 4.03. The van der Waals surface area contributed by atoms with E-state index in [1.165, 1.54) is 6.07 Å². The smallest absolute Gasteiger partial charge is 0.123 e.